The number of nitrogens with one attached hydrogen (secondary N) is 1. The zero-order chi connectivity index (χ0) is 12.1. The minimum absolute atomic E-state index is 0.171. The fourth-order valence-corrected chi connectivity index (χ4v) is 1.42. The van der Waals surface area contributed by atoms with Crippen LogP contribution in [0.25, 0.3) is 0 Å². The first kappa shape index (κ1) is 12.9. The molecule has 1 unspecified atom stereocenters. The highest BCUT2D eigenvalue weighted by Gasteiger charge is 2.21. The molecular weight excluding hydrogens is 228 g/mol. The molecular formula is C10H15ClN4O. The molecule has 0 aliphatic carbocycles. The van der Waals surface area contributed by atoms with E-state index < -0.39 is 0 Å². The van der Waals surface area contributed by atoms with Gasteiger partial charge in [-0.05, 0) is 12.0 Å². The number of carbonyl (C=O) groups excluding carboxylic acids is 1. The molecule has 88 valence electrons. The molecule has 1 aromatic rings. The van der Waals surface area contributed by atoms with Gasteiger partial charge in [-0.15, -0.1) is 0 Å². The molecule has 6 heteroatoms. The van der Waals surface area contributed by atoms with Gasteiger partial charge in [0.2, 0.25) is 11.9 Å². The van der Waals surface area contributed by atoms with Crippen LogP contribution in [-0.2, 0) is 4.79 Å². The smallest absolute Gasteiger partial charge is 0.231 e. The third-order valence-corrected chi connectivity index (χ3v) is 2.46. The highest BCUT2D eigenvalue weighted by Crippen LogP contribution is 2.12. The van der Waals surface area contributed by atoms with E-state index in [1.807, 2.05) is 13.8 Å². The SMILES string of the molecule is CC(C)C(CN)C(=O)Nc1nccc(Cl)n1. The number of hydrogen-bond donors (Lipinski definition) is 2. The normalized spacial score (nSPS) is 12.6. The molecule has 0 aromatic carbocycles. The van der Waals surface area contributed by atoms with E-state index in [9.17, 15) is 4.79 Å². The molecule has 0 radical (unpaired) electrons. The van der Waals surface area contributed by atoms with Gasteiger partial charge in [0.25, 0.3) is 0 Å². The van der Waals surface area contributed by atoms with E-state index in [1.165, 1.54) is 6.20 Å². The fraction of sp³-hybridized carbons (Fsp3) is 0.500. The molecule has 0 bridgehead atoms. The third kappa shape index (κ3) is 3.43. The highest BCUT2D eigenvalue weighted by atomic mass is 35.5. The van der Waals surface area contributed by atoms with Gasteiger partial charge in [-0.2, -0.15) is 0 Å². The second kappa shape index (κ2) is 5.77. The lowest BCUT2D eigenvalue weighted by Gasteiger charge is -2.17. The Morgan fingerprint density at radius 2 is 2.31 bits per heavy atom. The lowest BCUT2D eigenvalue weighted by atomic mass is 9.95. The predicted octanol–water partition coefficient (Wildman–Crippen LogP) is 1.30. The summed E-state index contributed by atoms with van der Waals surface area (Å²) in [6.45, 7) is 4.18. The van der Waals surface area contributed by atoms with Crippen molar-refractivity contribution in [3.63, 3.8) is 0 Å². The average Bonchev–Trinajstić information content (AvgIpc) is 2.17. The van der Waals surface area contributed by atoms with Gasteiger partial charge in [-0.1, -0.05) is 25.4 Å². The van der Waals surface area contributed by atoms with Crippen molar-refractivity contribution in [2.45, 2.75) is 13.8 Å². The molecule has 1 aromatic heterocycles. The topological polar surface area (TPSA) is 80.9 Å². The Bertz CT molecular complexity index is 370. The monoisotopic (exact) mass is 242 g/mol. The fourth-order valence-electron chi connectivity index (χ4n) is 1.28. The van der Waals surface area contributed by atoms with Gasteiger partial charge in [-0.25, -0.2) is 9.97 Å². The standard InChI is InChI=1S/C10H15ClN4O/c1-6(2)7(5-12)9(16)15-10-13-4-3-8(11)14-10/h3-4,6-7H,5,12H2,1-2H3,(H,13,14,15,16). The molecule has 1 amide bonds. The lowest BCUT2D eigenvalue weighted by Crippen LogP contribution is -2.33. The lowest BCUT2D eigenvalue weighted by molar-refractivity contribution is -0.120. The summed E-state index contributed by atoms with van der Waals surface area (Å²) in [5.74, 6) is -0.0527. The van der Waals surface area contributed by atoms with Crippen LogP contribution in [0.3, 0.4) is 0 Å². The first-order valence-corrected chi connectivity index (χ1v) is 5.42. The molecule has 1 rings (SSSR count). The van der Waals surface area contributed by atoms with E-state index in [0.717, 1.165) is 0 Å². The van der Waals surface area contributed by atoms with Crippen LogP contribution in [-0.4, -0.2) is 22.4 Å². The number of halogens is 1. The number of rotatable bonds is 4. The Labute approximate surface area is 99.4 Å². The summed E-state index contributed by atoms with van der Waals surface area (Å²) in [6.07, 6.45) is 1.48. The number of nitrogens with zero attached hydrogens (tertiary/aromatic N) is 2. The zero-order valence-electron chi connectivity index (χ0n) is 9.27. The van der Waals surface area contributed by atoms with Crippen LogP contribution in [0.15, 0.2) is 12.3 Å². The van der Waals surface area contributed by atoms with Gasteiger partial charge >= 0.3 is 0 Å². The van der Waals surface area contributed by atoms with E-state index in [4.69, 9.17) is 17.3 Å². The molecule has 1 atom stereocenters. The van der Waals surface area contributed by atoms with Gasteiger partial charge in [0.1, 0.15) is 5.15 Å². The van der Waals surface area contributed by atoms with E-state index >= 15 is 0 Å². The van der Waals surface area contributed by atoms with Crippen molar-refractivity contribution in [3.05, 3.63) is 17.4 Å². The summed E-state index contributed by atoms with van der Waals surface area (Å²) in [7, 11) is 0. The van der Waals surface area contributed by atoms with Crippen LogP contribution in [0, 0.1) is 11.8 Å². The van der Waals surface area contributed by atoms with Crippen LogP contribution in [0.1, 0.15) is 13.8 Å². The number of aromatic nitrogens is 2. The number of anilines is 1. The molecule has 0 saturated carbocycles. The van der Waals surface area contributed by atoms with Gasteiger partial charge < -0.3 is 5.73 Å². The molecule has 5 nitrogen and oxygen atoms in total. The first-order valence-electron chi connectivity index (χ1n) is 5.04. The molecule has 0 aliphatic heterocycles. The predicted molar refractivity (Wildman–Crippen MR) is 63.1 cm³/mol. The molecule has 3 N–H and O–H groups in total. The molecule has 0 saturated heterocycles. The van der Waals surface area contributed by atoms with Crippen molar-refractivity contribution in [2.75, 3.05) is 11.9 Å². The quantitative estimate of drug-likeness (QED) is 0.780. The Morgan fingerprint density at radius 3 is 2.81 bits per heavy atom. The van der Waals surface area contributed by atoms with Crippen LogP contribution in [0.2, 0.25) is 5.15 Å². The average molecular weight is 243 g/mol. The minimum Gasteiger partial charge on any atom is -0.330 e. The number of amides is 1. The van der Waals surface area contributed by atoms with E-state index in [-0.39, 0.29) is 23.7 Å². The number of carbonyl (C=O) groups is 1. The zero-order valence-corrected chi connectivity index (χ0v) is 10.0. The second-order valence-corrected chi connectivity index (χ2v) is 4.17. The van der Waals surface area contributed by atoms with Crippen LogP contribution < -0.4 is 11.1 Å². The first-order chi connectivity index (χ1) is 7.54. The molecule has 0 spiro atoms. The highest BCUT2D eigenvalue weighted by molar-refractivity contribution is 6.29. The summed E-state index contributed by atoms with van der Waals surface area (Å²) in [5.41, 5.74) is 5.53. The van der Waals surface area contributed by atoms with Crippen molar-refractivity contribution >= 4 is 23.5 Å². The molecule has 0 aliphatic rings. The van der Waals surface area contributed by atoms with Crippen molar-refractivity contribution in [1.82, 2.24) is 9.97 Å². The second-order valence-electron chi connectivity index (χ2n) is 3.78. The van der Waals surface area contributed by atoms with Crippen molar-refractivity contribution in [1.29, 1.82) is 0 Å². The van der Waals surface area contributed by atoms with E-state index in [1.54, 1.807) is 6.07 Å². The van der Waals surface area contributed by atoms with E-state index in [0.29, 0.717) is 11.7 Å². The number of hydrogen-bond acceptors (Lipinski definition) is 4. The van der Waals surface area contributed by atoms with Gasteiger partial charge in [0, 0.05) is 12.7 Å². The van der Waals surface area contributed by atoms with Crippen molar-refractivity contribution in [3.8, 4) is 0 Å². The Balaban J connectivity index is 2.70. The molecule has 16 heavy (non-hydrogen) atoms. The Kier molecular flexibility index (Phi) is 4.64. The van der Waals surface area contributed by atoms with Crippen molar-refractivity contribution in [2.24, 2.45) is 17.6 Å². The third-order valence-electron chi connectivity index (χ3n) is 2.25. The van der Waals surface area contributed by atoms with Gasteiger partial charge in [0.05, 0.1) is 5.92 Å². The Morgan fingerprint density at radius 1 is 1.62 bits per heavy atom. The summed E-state index contributed by atoms with van der Waals surface area (Å²) in [5, 5.41) is 2.88. The largest absolute Gasteiger partial charge is 0.330 e. The maximum absolute atomic E-state index is 11.8. The molecule has 0 fully saturated rings. The maximum atomic E-state index is 11.8. The van der Waals surface area contributed by atoms with Crippen LogP contribution >= 0.6 is 11.6 Å². The van der Waals surface area contributed by atoms with Crippen molar-refractivity contribution < 1.29 is 4.79 Å². The van der Waals surface area contributed by atoms with Crippen LogP contribution in [0.5, 0.6) is 0 Å². The summed E-state index contributed by atoms with van der Waals surface area (Å²) >= 11 is 5.68. The summed E-state index contributed by atoms with van der Waals surface area (Å²) < 4.78 is 0. The minimum atomic E-state index is -0.248. The summed E-state index contributed by atoms with van der Waals surface area (Å²) in [4.78, 5) is 19.5. The maximum Gasteiger partial charge on any atom is 0.231 e. The Hall–Kier alpha value is -1.20. The van der Waals surface area contributed by atoms with Gasteiger partial charge in [0.15, 0.2) is 0 Å². The van der Waals surface area contributed by atoms with Crippen LogP contribution in [0.4, 0.5) is 5.95 Å². The molecule has 1 heterocycles. The number of nitrogens with two attached hydrogens (primary N) is 1. The van der Waals surface area contributed by atoms with Gasteiger partial charge in [-0.3, -0.25) is 10.1 Å². The van der Waals surface area contributed by atoms with E-state index in [2.05, 4.69) is 15.3 Å². The summed E-state index contributed by atoms with van der Waals surface area (Å²) in [6, 6.07) is 1.54.